The first-order valence-corrected chi connectivity index (χ1v) is 9.39. The van der Waals surface area contributed by atoms with Gasteiger partial charge < -0.3 is 9.64 Å². The zero-order valence-electron chi connectivity index (χ0n) is 14.3. The minimum atomic E-state index is 0.550. The minimum absolute atomic E-state index is 0.550. The number of rotatable bonds is 4. The van der Waals surface area contributed by atoms with Crippen LogP contribution in [0.15, 0.2) is 54.6 Å². The molecule has 0 aliphatic carbocycles. The number of ether oxygens (including phenoxy) is 1. The fourth-order valence-electron chi connectivity index (χ4n) is 3.43. The monoisotopic (exact) mass is 351 g/mol. The van der Waals surface area contributed by atoms with E-state index in [0.29, 0.717) is 5.92 Å². The van der Waals surface area contributed by atoms with E-state index in [4.69, 9.17) is 9.72 Å². The Bertz CT molecular complexity index is 826. The summed E-state index contributed by atoms with van der Waals surface area (Å²) in [5, 5.41) is 1.03. The highest BCUT2D eigenvalue weighted by atomic mass is 32.1. The maximum atomic E-state index is 5.53. The second kappa shape index (κ2) is 7.23. The van der Waals surface area contributed by atoms with E-state index in [1.807, 2.05) is 24.3 Å². The number of aromatic nitrogens is 2. The topological polar surface area (TPSA) is 38.2 Å². The first-order valence-electron chi connectivity index (χ1n) is 8.62. The SMILES string of the molecule is COc1ccccc1C1CCN(c2nc(-c3ccccc3)ns2)CC1. The molecule has 1 aromatic heterocycles. The molecule has 0 N–H and O–H groups in total. The van der Waals surface area contributed by atoms with Crippen LogP contribution in [0.3, 0.4) is 0 Å². The average molecular weight is 351 g/mol. The number of hydrogen-bond donors (Lipinski definition) is 0. The fourth-order valence-corrected chi connectivity index (χ4v) is 4.17. The molecule has 0 unspecified atom stereocenters. The van der Waals surface area contributed by atoms with Gasteiger partial charge in [-0.2, -0.15) is 9.36 Å². The van der Waals surface area contributed by atoms with Crippen molar-refractivity contribution in [1.29, 1.82) is 0 Å². The second-order valence-electron chi connectivity index (χ2n) is 6.27. The van der Waals surface area contributed by atoms with Gasteiger partial charge in [0.2, 0.25) is 5.13 Å². The van der Waals surface area contributed by atoms with Crippen LogP contribution in [-0.2, 0) is 0 Å². The second-order valence-corrected chi connectivity index (χ2v) is 7.00. The van der Waals surface area contributed by atoms with Gasteiger partial charge in [-0.3, -0.25) is 0 Å². The highest BCUT2D eigenvalue weighted by Gasteiger charge is 2.24. The number of benzene rings is 2. The standard InChI is InChI=1S/C20H21N3OS/c1-24-18-10-6-5-9-17(18)15-11-13-23(14-12-15)20-21-19(22-25-20)16-7-3-2-4-8-16/h2-10,15H,11-14H2,1H3. The van der Waals surface area contributed by atoms with Crippen molar-refractivity contribution in [1.82, 2.24) is 9.36 Å². The normalized spacial score (nSPS) is 15.3. The maximum absolute atomic E-state index is 5.53. The van der Waals surface area contributed by atoms with Crippen LogP contribution >= 0.6 is 11.5 Å². The summed E-state index contributed by atoms with van der Waals surface area (Å²) < 4.78 is 10.1. The Morgan fingerprint density at radius 3 is 2.48 bits per heavy atom. The average Bonchev–Trinajstić information content (AvgIpc) is 3.19. The van der Waals surface area contributed by atoms with E-state index in [-0.39, 0.29) is 0 Å². The molecule has 3 aromatic rings. The van der Waals surface area contributed by atoms with Gasteiger partial charge in [0.05, 0.1) is 7.11 Å². The molecule has 0 spiro atoms. The fraction of sp³-hybridized carbons (Fsp3) is 0.300. The Morgan fingerprint density at radius 2 is 1.72 bits per heavy atom. The van der Waals surface area contributed by atoms with Crippen molar-refractivity contribution in [2.75, 3.05) is 25.1 Å². The highest BCUT2D eigenvalue weighted by molar-refractivity contribution is 7.09. The molecule has 0 bridgehead atoms. The number of para-hydroxylation sites is 1. The number of hydrogen-bond acceptors (Lipinski definition) is 5. The van der Waals surface area contributed by atoms with Gasteiger partial charge in [-0.15, -0.1) is 0 Å². The number of piperidine rings is 1. The zero-order valence-corrected chi connectivity index (χ0v) is 15.1. The molecule has 1 aliphatic heterocycles. The Labute approximate surface area is 152 Å². The molecule has 4 nitrogen and oxygen atoms in total. The van der Waals surface area contributed by atoms with Crippen LogP contribution in [0.2, 0.25) is 0 Å². The number of anilines is 1. The summed E-state index contributed by atoms with van der Waals surface area (Å²) >= 11 is 1.50. The first kappa shape index (κ1) is 16.1. The van der Waals surface area contributed by atoms with E-state index >= 15 is 0 Å². The van der Waals surface area contributed by atoms with Crippen molar-refractivity contribution >= 4 is 16.7 Å². The van der Waals surface area contributed by atoms with Crippen molar-refractivity contribution in [3.63, 3.8) is 0 Å². The van der Waals surface area contributed by atoms with Crippen molar-refractivity contribution < 1.29 is 4.74 Å². The van der Waals surface area contributed by atoms with E-state index in [2.05, 4.69) is 39.6 Å². The summed E-state index contributed by atoms with van der Waals surface area (Å²) in [5.74, 6) is 2.38. The lowest BCUT2D eigenvalue weighted by Crippen LogP contribution is -2.32. The summed E-state index contributed by atoms with van der Waals surface area (Å²) in [6.45, 7) is 2.01. The van der Waals surface area contributed by atoms with Crippen molar-refractivity contribution in [3.05, 3.63) is 60.2 Å². The van der Waals surface area contributed by atoms with E-state index in [0.717, 1.165) is 48.2 Å². The molecule has 25 heavy (non-hydrogen) atoms. The minimum Gasteiger partial charge on any atom is -0.496 e. The smallest absolute Gasteiger partial charge is 0.205 e. The third kappa shape index (κ3) is 3.37. The van der Waals surface area contributed by atoms with Crippen LogP contribution in [0.1, 0.15) is 24.3 Å². The molecule has 0 radical (unpaired) electrons. The first-order chi connectivity index (χ1) is 12.3. The molecular formula is C20H21N3OS. The van der Waals surface area contributed by atoms with Gasteiger partial charge in [-0.25, -0.2) is 0 Å². The maximum Gasteiger partial charge on any atom is 0.205 e. The lowest BCUT2D eigenvalue weighted by atomic mass is 9.89. The molecule has 0 saturated carbocycles. The zero-order chi connectivity index (χ0) is 17.1. The van der Waals surface area contributed by atoms with Crippen LogP contribution < -0.4 is 9.64 Å². The van der Waals surface area contributed by atoms with Gasteiger partial charge >= 0.3 is 0 Å². The van der Waals surface area contributed by atoms with E-state index in [1.165, 1.54) is 17.1 Å². The van der Waals surface area contributed by atoms with Gasteiger partial charge in [0.25, 0.3) is 0 Å². The molecule has 2 aromatic carbocycles. The Kier molecular flexibility index (Phi) is 4.65. The number of methoxy groups -OCH3 is 1. The Hall–Kier alpha value is -2.40. The molecule has 1 fully saturated rings. The predicted octanol–water partition coefficient (Wildman–Crippen LogP) is 4.60. The van der Waals surface area contributed by atoms with E-state index in [9.17, 15) is 0 Å². The molecule has 0 atom stereocenters. The van der Waals surface area contributed by atoms with Crippen molar-refractivity contribution in [2.45, 2.75) is 18.8 Å². The predicted molar refractivity (Wildman–Crippen MR) is 103 cm³/mol. The van der Waals surface area contributed by atoms with Crippen LogP contribution in [0, 0.1) is 0 Å². The lowest BCUT2D eigenvalue weighted by molar-refractivity contribution is 0.397. The Morgan fingerprint density at radius 1 is 1.00 bits per heavy atom. The van der Waals surface area contributed by atoms with Crippen molar-refractivity contribution in [2.24, 2.45) is 0 Å². The van der Waals surface area contributed by atoms with E-state index < -0.39 is 0 Å². The molecule has 1 aliphatic rings. The lowest BCUT2D eigenvalue weighted by Gasteiger charge is -2.32. The third-order valence-electron chi connectivity index (χ3n) is 4.79. The quantitative estimate of drug-likeness (QED) is 0.689. The van der Waals surface area contributed by atoms with Crippen LogP contribution in [0.25, 0.3) is 11.4 Å². The molecular weight excluding hydrogens is 330 g/mol. The third-order valence-corrected chi connectivity index (χ3v) is 5.57. The summed E-state index contributed by atoms with van der Waals surface area (Å²) in [7, 11) is 1.75. The summed E-state index contributed by atoms with van der Waals surface area (Å²) in [6, 6.07) is 18.5. The summed E-state index contributed by atoms with van der Waals surface area (Å²) in [5.41, 5.74) is 2.40. The largest absolute Gasteiger partial charge is 0.496 e. The van der Waals surface area contributed by atoms with Crippen molar-refractivity contribution in [3.8, 4) is 17.1 Å². The Balaban J connectivity index is 1.45. The van der Waals surface area contributed by atoms with Crippen LogP contribution in [0.5, 0.6) is 5.75 Å². The van der Waals surface area contributed by atoms with Gasteiger partial charge in [0.15, 0.2) is 5.82 Å². The van der Waals surface area contributed by atoms with Crippen LogP contribution in [-0.4, -0.2) is 29.6 Å². The van der Waals surface area contributed by atoms with Gasteiger partial charge in [0, 0.05) is 30.2 Å². The summed E-state index contributed by atoms with van der Waals surface area (Å²) in [6.07, 6.45) is 2.22. The van der Waals surface area contributed by atoms with Gasteiger partial charge in [-0.1, -0.05) is 48.5 Å². The van der Waals surface area contributed by atoms with Crippen LogP contribution in [0.4, 0.5) is 5.13 Å². The van der Waals surface area contributed by atoms with Gasteiger partial charge in [0.1, 0.15) is 5.75 Å². The summed E-state index contributed by atoms with van der Waals surface area (Å²) in [4.78, 5) is 7.10. The molecule has 1 saturated heterocycles. The van der Waals surface area contributed by atoms with Gasteiger partial charge in [-0.05, 0) is 30.4 Å². The molecule has 2 heterocycles. The molecule has 4 rings (SSSR count). The van der Waals surface area contributed by atoms with E-state index in [1.54, 1.807) is 7.11 Å². The highest BCUT2D eigenvalue weighted by Crippen LogP contribution is 2.36. The molecule has 0 amide bonds. The number of nitrogens with zero attached hydrogens (tertiary/aromatic N) is 3. The molecule has 5 heteroatoms. The molecule has 128 valence electrons.